The number of hydrogen-bond donors (Lipinski definition) is 6. The van der Waals surface area contributed by atoms with E-state index in [-0.39, 0.29) is 34.9 Å². The molecular formula is C56H82N6O5. The van der Waals surface area contributed by atoms with Gasteiger partial charge in [0.05, 0.1) is 36.8 Å². The number of aromatic nitrogens is 2. The van der Waals surface area contributed by atoms with Crippen LogP contribution in [0.1, 0.15) is 142 Å². The number of Topliss-reactive ketones (excluding diaryl/α,β-unsaturated/α-hetero) is 1. The lowest BCUT2D eigenvalue weighted by molar-refractivity contribution is -0.119. The van der Waals surface area contributed by atoms with Crippen molar-refractivity contribution in [2.24, 2.45) is 5.73 Å². The second-order valence-corrected chi connectivity index (χ2v) is 22.1. The molecule has 67 heavy (non-hydrogen) atoms. The Morgan fingerprint density at radius 2 is 1.03 bits per heavy atom. The standard InChI is InChI=1S/C28H41N3O2.C24H30N2O.C4H11NO2/c1-27(2)13-14-28(3,4)24-18-20(8-9-23(24)27)25-6-5-7-26(30-25)31-16-11-21(12-17-31)29-15-10-22(33)19-32;1-23(2)12-13-24(3,4)20-16-17(8-9-19(20)23)21-6-5-7-22(25-21)26-14-10-18(27)11-15-26;5-2-1-4(7)3-6/h5-9,18,21-22,29,32-33H,10-17,19H2,1-4H3;5-9,16H,10-15H2,1-4H3;4,6-7H,1-3,5H2/t22-;;4-/m0.0/s1. The van der Waals surface area contributed by atoms with Crippen LogP contribution in [-0.2, 0) is 26.5 Å². The number of fused-ring (bicyclic) bond motifs is 2. The summed E-state index contributed by atoms with van der Waals surface area (Å²) in [4.78, 5) is 26.2. The number of ketones is 1. The fourth-order valence-electron chi connectivity index (χ4n) is 10.1. The van der Waals surface area contributed by atoms with Crippen molar-refractivity contribution in [3.8, 4) is 22.5 Å². The highest BCUT2D eigenvalue weighted by Crippen LogP contribution is 2.48. The Bertz CT molecular complexity index is 2240. The van der Waals surface area contributed by atoms with Crippen molar-refractivity contribution >= 4 is 17.4 Å². The highest BCUT2D eigenvalue weighted by atomic mass is 16.3. The molecule has 7 N–H and O–H groups in total. The maximum Gasteiger partial charge on any atom is 0.136 e. The summed E-state index contributed by atoms with van der Waals surface area (Å²) in [7, 11) is 0. The van der Waals surface area contributed by atoms with Gasteiger partial charge < -0.3 is 41.3 Å². The molecular weight excluding hydrogens is 837 g/mol. The van der Waals surface area contributed by atoms with E-state index >= 15 is 0 Å². The van der Waals surface area contributed by atoms with Crippen molar-refractivity contribution in [3.63, 3.8) is 0 Å². The molecule has 0 radical (unpaired) electrons. The molecule has 11 nitrogen and oxygen atoms in total. The first-order chi connectivity index (χ1) is 31.8. The van der Waals surface area contributed by atoms with E-state index in [1.54, 1.807) is 0 Å². The monoisotopic (exact) mass is 919 g/mol. The number of carbonyl (C=O) groups excluding carboxylic acids is 1. The number of carbonyl (C=O) groups is 1. The third-order valence-electron chi connectivity index (χ3n) is 15.1. The molecule has 2 aliphatic carbocycles. The summed E-state index contributed by atoms with van der Waals surface area (Å²) < 4.78 is 0. The second kappa shape index (κ2) is 22.5. The Hall–Kier alpha value is -4.23. The largest absolute Gasteiger partial charge is 0.394 e. The Morgan fingerprint density at radius 3 is 1.45 bits per heavy atom. The summed E-state index contributed by atoms with van der Waals surface area (Å²) >= 11 is 0. The van der Waals surface area contributed by atoms with Crippen LogP contribution in [-0.4, -0.2) is 107 Å². The number of aliphatic hydroxyl groups excluding tert-OH is 4. The van der Waals surface area contributed by atoms with Gasteiger partial charge in [-0.25, -0.2) is 9.97 Å². The van der Waals surface area contributed by atoms with Gasteiger partial charge in [0, 0.05) is 56.2 Å². The Balaban J connectivity index is 0.000000196. The van der Waals surface area contributed by atoms with E-state index in [0.717, 1.165) is 68.6 Å². The van der Waals surface area contributed by atoms with E-state index in [4.69, 9.17) is 31.0 Å². The number of pyridine rings is 2. The van der Waals surface area contributed by atoms with E-state index in [0.29, 0.717) is 44.1 Å². The van der Waals surface area contributed by atoms with Crippen LogP contribution in [0.5, 0.6) is 0 Å². The Labute approximate surface area is 401 Å². The second-order valence-electron chi connectivity index (χ2n) is 22.1. The van der Waals surface area contributed by atoms with Gasteiger partial charge in [-0.1, -0.05) is 91.8 Å². The average molecular weight is 919 g/mol. The van der Waals surface area contributed by atoms with Crippen LogP contribution in [0.2, 0.25) is 0 Å². The van der Waals surface area contributed by atoms with Crippen LogP contribution < -0.4 is 20.9 Å². The third-order valence-corrected chi connectivity index (χ3v) is 15.1. The number of nitrogens with zero attached hydrogens (tertiary/aromatic N) is 4. The first kappa shape index (κ1) is 52.1. The van der Waals surface area contributed by atoms with Crippen LogP contribution in [0.25, 0.3) is 22.5 Å². The number of piperidine rings is 2. The minimum Gasteiger partial charge on any atom is -0.394 e. The molecule has 11 heteroatoms. The van der Waals surface area contributed by atoms with Gasteiger partial charge in [0.1, 0.15) is 17.4 Å². The minimum absolute atomic E-state index is 0.165. The summed E-state index contributed by atoms with van der Waals surface area (Å²) in [5.74, 6) is 2.40. The van der Waals surface area contributed by atoms with Gasteiger partial charge in [-0.3, -0.25) is 4.79 Å². The first-order valence-corrected chi connectivity index (χ1v) is 25.0. The van der Waals surface area contributed by atoms with Crippen LogP contribution in [0.4, 0.5) is 11.6 Å². The Morgan fingerprint density at radius 1 is 0.612 bits per heavy atom. The van der Waals surface area contributed by atoms with Crippen LogP contribution in [0.15, 0.2) is 72.8 Å². The predicted molar refractivity (Wildman–Crippen MR) is 274 cm³/mol. The highest BCUT2D eigenvalue weighted by molar-refractivity contribution is 5.81. The molecule has 0 saturated carbocycles. The lowest BCUT2D eigenvalue weighted by atomic mass is 9.63. The van der Waals surface area contributed by atoms with E-state index in [1.165, 1.54) is 59.1 Å². The van der Waals surface area contributed by atoms with Gasteiger partial charge >= 0.3 is 0 Å². The number of hydrogen-bond acceptors (Lipinski definition) is 11. The molecule has 4 aromatic rings. The van der Waals surface area contributed by atoms with Gasteiger partial charge in [-0.15, -0.1) is 0 Å². The molecule has 2 aromatic heterocycles. The maximum absolute atomic E-state index is 11.5. The van der Waals surface area contributed by atoms with E-state index < -0.39 is 12.2 Å². The van der Waals surface area contributed by atoms with Crippen molar-refractivity contribution in [2.75, 3.05) is 62.3 Å². The highest BCUT2D eigenvalue weighted by Gasteiger charge is 2.38. The van der Waals surface area contributed by atoms with E-state index in [9.17, 15) is 9.90 Å². The summed E-state index contributed by atoms with van der Waals surface area (Å²) in [6.07, 6.45) is 8.10. The quantitative estimate of drug-likeness (QED) is 0.0808. The van der Waals surface area contributed by atoms with Gasteiger partial charge in [0.25, 0.3) is 0 Å². The lowest BCUT2D eigenvalue weighted by Crippen LogP contribution is -2.43. The van der Waals surface area contributed by atoms with Crippen molar-refractivity contribution < 1.29 is 25.2 Å². The minimum atomic E-state index is -0.621. The molecule has 2 saturated heterocycles. The molecule has 8 rings (SSSR count). The molecule has 0 spiro atoms. The lowest BCUT2D eigenvalue weighted by Gasteiger charge is -2.42. The van der Waals surface area contributed by atoms with Crippen molar-refractivity contribution in [1.29, 1.82) is 0 Å². The molecule has 4 heterocycles. The van der Waals surface area contributed by atoms with Gasteiger partial charge in [0.2, 0.25) is 0 Å². The van der Waals surface area contributed by atoms with Gasteiger partial charge in [-0.2, -0.15) is 0 Å². The van der Waals surface area contributed by atoms with Crippen molar-refractivity contribution in [3.05, 3.63) is 95.1 Å². The topological polar surface area (TPSA) is 168 Å². The molecule has 2 fully saturated rings. The van der Waals surface area contributed by atoms with E-state index in [1.807, 2.05) is 0 Å². The van der Waals surface area contributed by atoms with Gasteiger partial charge in [-0.05, 0) is 145 Å². The summed E-state index contributed by atoms with van der Waals surface area (Å²) in [5.41, 5.74) is 16.3. The number of anilines is 2. The number of benzene rings is 2. The number of aliphatic hydroxyl groups is 4. The molecule has 0 bridgehead atoms. The molecule has 0 unspecified atom stereocenters. The average Bonchev–Trinajstić information content (AvgIpc) is 3.33. The molecule has 0 amide bonds. The zero-order chi connectivity index (χ0) is 48.6. The molecule has 366 valence electrons. The van der Waals surface area contributed by atoms with Crippen molar-refractivity contribution in [1.82, 2.24) is 15.3 Å². The number of nitrogens with two attached hydrogens (primary N) is 1. The summed E-state index contributed by atoms with van der Waals surface area (Å²) in [5, 5.41) is 38.7. The van der Waals surface area contributed by atoms with Crippen molar-refractivity contribution in [2.45, 2.75) is 160 Å². The molecule has 2 aromatic carbocycles. The zero-order valence-corrected chi connectivity index (χ0v) is 42.0. The molecule has 4 aliphatic rings. The predicted octanol–water partition coefficient (Wildman–Crippen LogP) is 8.35. The maximum atomic E-state index is 11.5. The SMILES string of the molecule is CC1(C)CCC(C)(C)c2cc(-c3cccc(N4CCC(=O)CC4)n3)ccc21.CC1(C)CCC(C)(C)c2cc(-c3cccc(N4CCC(NCC[C@H](O)CO)CC4)n3)ccc21.NCC[C@H](O)CO. The van der Waals surface area contributed by atoms with Crippen LogP contribution in [0.3, 0.4) is 0 Å². The number of nitrogens with one attached hydrogen (secondary N) is 1. The van der Waals surface area contributed by atoms with E-state index in [2.05, 4.69) is 143 Å². The number of rotatable bonds is 12. The van der Waals surface area contributed by atoms with Gasteiger partial charge in [0.15, 0.2) is 0 Å². The smallest absolute Gasteiger partial charge is 0.136 e. The van der Waals surface area contributed by atoms with Crippen LogP contribution >= 0.6 is 0 Å². The Kier molecular flexibility index (Phi) is 17.5. The normalized spacial score (nSPS) is 20.3. The summed E-state index contributed by atoms with van der Waals surface area (Å²) in [6.45, 7) is 23.2. The van der Waals surface area contributed by atoms with Crippen LogP contribution in [0, 0.1) is 0 Å². The molecule has 2 atom stereocenters. The fourth-order valence-corrected chi connectivity index (χ4v) is 10.1. The first-order valence-electron chi connectivity index (χ1n) is 25.0. The zero-order valence-electron chi connectivity index (χ0n) is 42.0. The third kappa shape index (κ3) is 13.3. The fraction of sp³-hybridized carbons (Fsp3) is 0.589. The summed E-state index contributed by atoms with van der Waals surface area (Å²) in [6, 6.07) is 27.0. The molecule has 2 aliphatic heterocycles.